The number of aromatic amines is 1. The van der Waals surface area contributed by atoms with Crippen molar-refractivity contribution in [3.63, 3.8) is 0 Å². The molecule has 0 bridgehead atoms. The van der Waals surface area contributed by atoms with Gasteiger partial charge in [0.2, 0.25) is 0 Å². The Balaban J connectivity index is 1.49. The summed E-state index contributed by atoms with van der Waals surface area (Å²) in [5.74, 6) is -0.231. The van der Waals surface area contributed by atoms with Crippen LogP contribution in [0.25, 0.3) is 11.1 Å². The molecule has 2 unspecified atom stereocenters. The van der Waals surface area contributed by atoms with Gasteiger partial charge in [0.15, 0.2) is 0 Å². The van der Waals surface area contributed by atoms with Crippen LogP contribution in [0.4, 0.5) is 11.4 Å². The molecule has 1 amide bonds. The lowest BCUT2D eigenvalue weighted by atomic mass is 10.1. The van der Waals surface area contributed by atoms with Crippen LogP contribution in [0.15, 0.2) is 54.7 Å². The van der Waals surface area contributed by atoms with Crippen LogP contribution >= 0.6 is 11.6 Å². The number of nitrogens with two attached hydrogens (primary N) is 1. The maximum atomic E-state index is 13.3. The molecule has 1 saturated heterocycles. The predicted octanol–water partition coefficient (Wildman–Crippen LogP) is 4.70. The number of anilines is 2. The highest BCUT2D eigenvalue weighted by Crippen LogP contribution is 2.35. The second kappa shape index (κ2) is 11.7. The standard InChI is InChI=1S/C28H32ClN5O4/c1-17(2)26(31)28(36)38-22-10-11-33(15-22)24-9-8-21(13-25(24)37-3)34(16-30)27(35)23-12-19(14-32-23)18-4-6-20(29)7-5-18/h4-9,12-14,16-17,22,26,30,32H,10-11,15,31H2,1-3H3. The molecule has 0 aliphatic carbocycles. The third kappa shape index (κ3) is 5.84. The molecular formula is C28H32ClN5O4. The molecule has 1 fully saturated rings. The summed E-state index contributed by atoms with van der Waals surface area (Å²) >= 11 is 5.98. The fourth-order valence-corrected chi connectivity index (χ4v) is 4.47. The summed E-state index contributed by atoms with van der Waals surface area (Å²) in [5.41, 5.74) is 9.31. The number of halogens is 1. The lowest BCUT2D eigenvalue weighted by Gasteiger charge is -2.24. The second-order valence-corrected chi connectivity index (χ2v) is 9.97. The van der Waals surface area contributed by atoms with Gasteiger partial charge in [-0.1, -0.05) is 37.6 Å². The first-order valence-electron chi connectivity index (χ1n) is 12.4. The summed E-state index contributed by atoms with van der Waals surface area (Å²) in [5, 5.41) is 8.55. The van der Waals surface area contributed by atoms with Crippen molar-refractivity contribution in [3.05, 3.63) is 65.4 Å². The van der Waals surface area contributed by atoms with Crippen LogP contribution in [0.2, 0.25) is 5.02 Å². The minimum Gasteiger partial charge on any atom is -0.495 e. The Kier molecular flexibility index (Phi) is 8.38. The monoisotopic (exact) mass is 537 g/mol. The number of hydrogen-bond donors (Lipinski definition) is 3. The Bertz CT molecular complexity index is 1310. The maximum Gasteiger partial charge on any atom is 0.323 e. The van der Waals surface area contributed by atoms with E-state index in [1.807, 2.05) is 32.0 Å². The molecule has 2 atom stereocenters. The highest BCUT2D eigenvalue weighted by Gasteiger charge is 2.30. The van der Waals surface area contributed by atoms with Crippen LogP contribution in [-0.2, 0) is 9.53 Å². The number of carbonyl (C=O) groups excluding carboxylic acids is 2. The number of nitrogens with zero attached hydrogens (tertiary/aromatic N) is 2. The van der Waals surface area contributed by atoms with Crippen molar-refractivity contribution in [1.29, 1.82) is 5.41 Å². The number of H-pyrrole nitrogens is 1. The van der Waals surface area contributed by atoms with Gasteiger partial charge >= 0.3 is 5.97 Å². The molecule has 2 heterocycles. The van der Waals surface area contributed by atoms with Crippen molar-refractivity contribution in [1.82, 2.24) is 4.98 Å². The van der Waals surface area contributed by atoms with Gasteiger partial charge in [0, 0.05) is 30.3 Å². The summed E-state index contributed by atoms with van der Waals surface area (Å²) in [6, 6.07) is 13.7. The molecule has 200 valence electrons. The summed E-state index contributed by atoms with van der Waals surface area (Å²) in [6.45, 7) is 4.95. The number of methoxy groups -OCH3 is 1. The zero-order valence-corrected chi connectivity index (χ0v) is 22.4. The first kappa shape index (κ1) is 27.2. The first-order chi connectivity index (χ1) is 18.2. The van der Waals surface area contributed by atoms with E-state index in [1.54, 1.807) is 43.6 Å². The molecular weight excluding hydrogens is 506 g/mol. The van der Waals surface area contributed by atoms with Crippen molar-refractivity contribution in [2.75, 3.05) is 30.0 Å². The number of carbonyl (C=O) groups is 2. The molecule has 0 spiro atoms. The van der Waals surface area contributed by atoms with E-state index in [1.165, 1.54) is 4.90 Å². The van der Waals surface area contributed by atoms with Crippen LogP contribution in [0, 0.1) is 11.3 Å². The van der Waals surface area contributed by atoms with E-state index < -0.39 is 12.0 Å². The zero-order valence-electron chi connectivity index (χ0n) is 21.6. The lowest BCUT2D eigenvalue weighted by molar-refractivity contribution is -0.150. The third-order valence-electron chi connectivity index (χ3n) is 6.64. The number of benzene rings is 2. The van der Waals surface area contributed by atoms with Gasteiger partial charge in [-0.2, -0.15) is 0 Å². The topological polar surface area (TPSA) is 125 Å². The maximum absolute atomic E-state index is 13.3. The Hall–Kier alpha value is -3.82. The number of amides is 1. The number of nitrogens with one attached hydrogen (secondary N) is 2. The highest BCUT2D eigenvalue weighted by molar-refractivity contribution is 6.30. The van der Waals surface area contributed by atoms with Crippen molar-refractivity contribution in [3.8, 4) is 16.9 Å². The molecule has 0 radical (unpaired) electrons. The van der Waals surface area contributed by atoms with E-state index in [0.29, 0.717) is 41.7 Å². The molecule has 1 aromatic heterocycles. The third-order valence-corrected chi connectivity index (χ3v) is 6.89. The Morgan fingerprint density at radius 2 is 1.92 bits per heavy atom. The Labute approximate surface area is 227 Å². The fourth-order valence-electron chi connectivity index (χ4n) is 4.34. The second-order valence-electron chi connectivity index (χ2n) is 9.53. The van der Waals surface area contributed by atoms with Gasteiger partial charge in [-0.3, -0.25) is 19.9 Å². The number of ether oxygens (including phenoxy) is 2. The van der Waals surface area contributed by atoms with Gasteiger partial charge in [-0.25, -0.2) is 0 Å². The van der Waals surface area contributed by atoms with Gasteiger partial charge in [-0.05, 0) is 47.4 Å². The smallest absolute Gasteiger partial charge is 0.323 e. The van der Waals surface area contributed by atoms with Crippen molar-refractivity contribution < 1.29 is 19.1 Å². The van der Waals surface area contributed by atoms with Gasteiger partial charge < -0.3 is 25.1 Å². The van der Waals surface area contributed by atoms with E-state index in [4.69, 9.17) is 32.2 Å². The van der Waals surface area contributed by atoms with Crippen LogP contribution in [0.5, 0.6) is 5.75 Å². The molecule has 2 aromatic carbocycles. The van der Waals surface area contributed by atoms with Crippen molar-refractivity contribution >= 4 is 41.2 Å². The van der Waals surface area contributed by atoms with Crippen molar-refractivity contribution in [2.24, 2.45) is 11.7 Å². The van der Waals surface area contributed by atoms with Gasteiger partial charge in [0.1, 0.15) is 23.6 Å². The van der Waals surface area contributed by atoms with E-state index >= 15 is 0 Å². The zero-order chi connectivity index (χ0) is 27.4. The summed E-state index contributed by atoms with van der Waals surface area (Å²) < 4.78 is 11.3. The molecule has 1 aliphatic rings. The highest BCUT2D eigenvalue weighted by atomic mass is 35.5. The lowest BCUT2D eigenvalue weighted by Crippen LogP contribution is -2.39. The molecule has 4 N–H and O–H groups in total. The minimum absolute atomic E-state index is 0.00198. The summed E-state index contributed by atoms with van der Waals surface area (Å²) in [4.78, 5) is 31.9. The summed E-state index contributed by atoms with van der Waals surface area (Å²) in [7, 11) is 1.55. The molecule has 10 heteroatoms. The van der Waals surface area contributed by atoms with Crippen LogP contribution < -0.4 is 20.3 Å². The molecule has 0 saturated carbocycles. The Morgan fingerprint density at radius 3 is 2.58 bits per heavy atom. The van der Waals surface area contributed by atoms with E-state index in [-0.39, 0.29) is 17.9 Å². The van der Waals surface area contributed by atoms with Gasteiger partial charge in [0.25, 0.3) is 5.91 Å². The van der Waals surface area contributed by atoms with E-state index in [9.17, 15) is 9.59 Å². The average Bonchev–Trinajstić information content (AvgIpc) is 3.59. The van der Waals surface area contributed by atoms with Crippen LogP contribution in [-0.4, -0.2) is 55.5 Å². The first-order valence-corrected chi connectivity index (χ1v) is 12.8. The van der Waals surface area contributed by atoms with Gasteiger partial charge in [0.05, 0.1) is 31.4 Å². The van der Waals surface area contributed by atoms with E-state index in [0.717, 1.165) is 23.2 Å². The average molecular weight is 538 g/mol. The van der Waals surface area contributed by atoms with Gasteiger partial charge in [-0.15, -0.1) is 0 Å². The number of esters is 1. The van der Waals surface area contributed by atoms with Crippen molar-refractivity contribution in [2.45, 2.75) is 32.4 Å². The molecule has 4 rings (SSSR count). The number of rotatable bonds is 9. The van der Waals surface area contributed by atoms with E-state index in [2.05, 4.69) is 9.88 Å². The largest absolute Gasteiger partial charge is 0.495 e. The van der Waals surface area contributed by atoms with Crippen LogP contribution in [0.1, 0.15) is 30.8 Å². The molecule has 3 aromatic rings. The Morgan fingerprint density at radius 1 is 1.18 bits per heavy atom. The SMILES string of the molecule is COc1cc(N(C=N)C(=O)c2cc(-c3ccc(Cl)cc3)c[nH]2)ccc1N1CCC(OC(=O)C(N)C(C)C)C1. The molecule has 38 heavy (non-hydrogen) atoms. The molecule has 1 aliphatic heterocycles. The minimum atomic E-state index is -0.649. The quantitative estimate of drug-likeness (QED) is 0.206. The molecule has 9 nitrogen and oxygen atoms in total. The number of hydrogen-bond acceptors (Lipinski definition) is 7. The predicted molar refractivity (Wildman–Crippen MR) is 149 cm³/mol. The normalized spacial score (nSPS) is 15.8. The summed E-state index contributed by atoms with van der Waals surface area (Å²) in [6.07, 6.45) is 3.13. The fraction of sp³-hybridized carbons (Fsp3) is 0.321. The number of aromatic nitrogens is 1. The van der Waals surface area contributed by atoms with Crippen LogP contribution in [0.3, 0.4) is 0 Å².